The summed E-state index contributed by atoms with van der Waals surface area (Å²) in [4.78, 5) is 0. The second-order valence-corrected chi connectivity index (χ2v) is 25.1. The van der Waals surface area contributed by atoms with Crippen molar-refractivity contribution in [2.24, 2.45) is 0 Å². The van der Waals surface area contributed by atoms with Crippen LogP contribution in [0.3, 0.4) is 0 Å². The smallest absolute Gasteiger partial charge is 1.00 e. The zero-order valence-corrected chi connectivity index (χ0v) is 36.1. The molecular weight excluding hydrogens is 707 g/mol. The molecule has 1 saturated heterocycles. The largest absolute Gasteiger partial charge is 1.00 e. The standard InChI is InChI=1S/2C23H27.C3H6.2ClH.Ti/c2*1-5-6-8-17-15-19-9-7-10-21(22(19)16-17)18-11-13-20(14-12-18)23(2,3)4;1-3-2;;;/h2*7,9-16H,5-6,8H2,1-4H3;1-3H2;2*1H;/q;;;;;+2/p-2. The Morgan fingerprint density at radius 3 is 1.23 bits per heavy atom. The predicted octanol–water partition coefficient (Wildman–Crippen LogP) is 8.97. The van der Waals surface area contributed by atoms with E-state index in [4.69, 9.17) is 0 Å². The third kappa shape index (κ3) is 7.49. The molecule has 0 saturated carbocycles. The van der Waals surface area contributed by atoms with E-state index in [0.29, 0.717) is 8.45 Å². The summed E-state index contributed by atoms with van der Waals surface area (Å²) in [6.45, 7) is 18.6. The number of allylic oxidation sites excluding steroid dienone is 2. The molecule has 0 nitrogen and oxygen atoms in total. The molecule has 0 spiro atoms. The van der Waals surface area contributed by atoms with Crippen LogP contribution in [0.1, 0.15) is 142 Å². The Balaban J connectivity index is 0.00000261. The molecule has 2 aliphatic carbocycles. The fourth-order valence-corrected chi connectivity index (χ4v) is 19.5. The second-order valence-electron chi connectivity index (χ2n) is 17.9. The molecule has 4 aromatic rings. The van der Waals surface area contributed by atoms with Crippen LogP contribution in [0, 0.1) is 0 Å². The van der Waals surface area contributed by atoms with Crippen LogP contribution < -0.4 is 24.8 Å². The van der Waals surface area contributed by atoms with Crippen LogP contribution in [0.4, 0.5) is 0 Å². The molecule has 0 aromatic heterocycles. The van der Waals surface area contributed by atoms with Crippen molar-refractivity contribution in [1.82, 2.24) is 0 Å². The number of hydrogen-bond donors (Lipinski definition) is 0. The van der Waals surface area contributed by atoms with Crippen molar-refractivity contribution in [2.45, 2.75) is 129 Å². The number of rotatable bonds is 10. The summed E-state index contributed by atoms with van der Waals surface area (Å²) < 4.78 is 4.32. The van der Waals surface area contributed by atoms with E-state index < -0.39 is 16.6 Å². The van der Waals surface area contributed by atoms with Gasteiger partial charge in [0.1, 0.15) is 0 Å². The van der Waals surface area contributed by atoms with Gasteiger partial charge in [-0.2, -0.15) is 0 Å². The molecule has 2 atom stereocenters. The van der Waals surface area contributed by atoms with Crippen molar-refractivity contribution in [2.75, 3.05) is 0 Å². The molecule has 2 unspecified atom stereocenters. The molecule has 1 fully saturated rings. The average molecular weight is 768 g/mol. The molecule has 0 amide bonds. The molecule has 52 heavy (non-hydrogen) atoms. The number of hydrogen-bond acceptors (Lipinski definition) is 0. The summed E-state index contributed by atoms with van der Waals surface area (Å²) in [6, 6.07) is 33.7. The van der Waals surface area contributed by atoms with Gasteiger partial charge < -0.3 is 24.8 Å². The zero-order chi connectivity index (χ0) is 35.3. The van der Waals surface area contributed by atoms with Gasteiger partial charge in [-0.3, -0.25) is 0 Å². The Kier molecular flexibility index (Phi) is 12.7. The Bertz CT molecular complexity index is 1770. The number of halogens is 2. The van der Waals surface area contributed by atoms with Gasteiger partial charge in [-0.1, -0.05) is 0 Å². The molecule has 7 rings (SSSR count). The van der Waals surface area contributed by atoms with Crippen molar-refractivity contribution in [3.8, 4) is 22.3 Å². The van der Waals surface area contributed by atoms with Crippen molar-refractivity contribution < 1.29 is 41.4 Å². The zero-order valence-electron chi connectivity index (χ0n) is 33.0. The summed E-state index contributed by atoms with van der Waals surface area (Å²) in [5.74, 6) is 0. The first-order valence-corrected chi connectivity index (χ1v) is 23.9. The summed E-state index contributed by atoms with van der Waals surface area (Å²) in [5.41, 5.74) is 18.7. The molecule has 1 aliphatic heterocycles. The summed E-state index contributed by atoms with van der Waals surface area (Å²) in [7, 11) is 0. The summed E-state index contributed by atoms with van der Waals surface area (Å²) in [6.07, 6.45) is 14.4. The monoisotopic (exact) mass is 766 g/mol. The van der Waals surface area contributed by atoms with Crippen LogP contribution >= 0.6 is 0 Å². The van der Waals surface area contributed by atoms with E-state index in [1.807, 2.05) is 0 Å². The van der Waals surface area contributed by atoms with Gasteiger partial charge in [0.2, 0.25) is 0 Å². The van der Waals surface area contributed by atoms with Crippen molar-refractivity contribution >= 4 is 12.2 Å². The van der Waals surface area contributed by atoms with Gasteiger partial charge in [0.05, 0.1) is 0 Å². The van der Waals surface area contributed by atoms with Gasteiger partial charge in [0, 0.05) is 0 Å². The first-order chi connectivity index (χ1) is 24.0. The normalized spacial score (nSPS) is 18.1. The SMILES string of the molecule is CCCCC1=Cc2c(-c3ccc(C(C)(C)C)cc3)cccc2[CH]1[Ti+2]1([CH]2C(CCCC)=Cc3c(-c4ccc(C(C)(C)C)cc4)cccc32)[CH2]C[CH2]1.[Cl-].[Cl-]. The van der Waals surface area contributed by atoms with Gasteiger partial charge in [-0.15, -0.1) is 0 Å². The van der Waals surface area contributed by atoms with E-state index >= 15 is 0 Å². The maximum atomic E-state index is 2.70. The van der Waals surface area contributed by atoms with Gasteiger partial charge in [-0.05, 0) is 0 Å². The van der Waals surface area contributed by atoms with E-state index in [-0.39, 0.29) is 35.6 Å². The first-order valence-electron chi connectivity index (χ1n) is 19.8. The molecule has 3 heteroatoms. The topological polar surface area (TPSA) is 0 Å². The fraction of sp³-hybridized carbons (Fsp3) is 0.429. The van der Waals surface area contributed by atoms with Crippen molar-refractivity contribution in [3.05, 3.63) is 129 Å². The van der Waals surface area contributed by atoms with Crippen LogP contribution in [0.25, 0.3) is 34.4 Å². The average Bonchev–Trinajstić information content (AvgIpc) is 3.64. The van der Waals surface area contributed by atoms with E-state index in [1.165, 1.54) is 98.9 Å². The molecule has 3 aliphatic rings. The Morgan fingerprint density at radius 2 is 0.923 bits per heavy atom. The fourth-order valence-electron chi connectivity index (χ4n) is 9.61. The molecular formula is C49H60Cl2Ti. The van der Waals surface area contributed by atoms with E-state index in [9.17, 15) is 0 Å². The van der Waals surface area contributed by atoms with Crippen LogP contribution in [0.2, 0.25) is 9.45 Å². The van der Waals surface area contributed by atoms with E-state index in [0.717, 1.165) is 0 Å². The van der Waals surface area contributed by atoms with Gasteiger partial charge in [0.25, 0.3) is 0 Å². The maximum Gasteiger partial charge on any atom is -1.00 e. The van der Waals surface area contributed by atoms with E-state index in [2.05, 4.69) is 152 Å². The Labute approximate surface area is 332 Å². The third-order valence-corrected chi connectivity index (χ3v) is 22.2. The van der Waals surface area contributed by atoms with E-state index in [1.54, 1.807) is 22.3 Å². The predicted molar refractivity (Wildman–Crippen MR) is 216 cm³/mol. The summed E-state index contributed by atoms with van der Waals surface area (Å²) in [5, 5.41) is 0. The van der Waals surface area contributed by atoms with Gasteiger partial charge in [0.15, 0.2) is 0 Å². The van der Waals surface area contributed by atoms with Crippen LogP contribution in [-0.2, 0) is 27.4 Å². The molecule has 1 heterocycles. The minimum absolute atomic E-state index is 0. The Hall–Kier alpha value is -2.35. The van der Waals surface area contributed by atoms with Crippen LogP contribution in [0.15, 0.2) is 96.1 Å². The third-order valence-electron chi connectivity index (χ3n) is 12.5. The first kappa shape index (κ1) is 40.8. The molecule has 0 bridgehead atoms. The number of benzene rings is 4. The van der Waals surface area contributed by atoms with Crippen molar-refractivity contribution in [3.63, 3.8) is 0 Å². The number of fused-ring (bicyclic) bond motifs is 2. The van der Waals surface area contributed by atoms with Crippen LogP contribution in [-0.4, -0.2) is 0 Å². The van der Waals surface area contributed by atoms with Gasteiger partial charge in [-0.25, -0.2) is 0 Å². The maximum absolute atomic E-state index is 2.70. The molecule has 274 valence electrons. The quantitative estimate of drug-likeness (QED) is 0.142. The second kappa shape index (κ2) is 16.2. The molecule has 0 N–H and O–H groups in total. The molecule has 0 radical (unpaired) electrons. The van der Waals surface area contributed by atoms with Crippen LogP contribution in [0.5, 0.6) is 0 Å². The minimum Gasteiger partial charge on any atom is -1.00 e. The minimum atomic E-state index is -2.58. The summed E-state index contributed by atoms with van der Waals surface area (Å²) >= 11 is -2.58. The van der Waals surface area contributed by atoms with Gasteiger partial charge >= 0.3 is 310 Å². The van der Waals surface area contributed by atoms with Crippen molar-refractivity contribution in [1.29, 1.82) is 0 Å². The Morgan fingerprint density at radius 1 is 0.538 bits per heavy atom. The number of unbranched alkanes of at least 4 members (excludes halogenated alkanes) is 2. The molecule has 4 aromatic carbocycles.